The zero-order valence-corrected chi connectivity index (χ0v) is 17.6. The third-order valence-corrected chi connectivity index (χ3v) is 5.74. The molecule has 1 aromatic heterocycles. The summed E-state index contributed by atoms with van der Waals surface area (Å²) in [6, 6.07) is 5.79. The summed E-state index contributed by atoms with van der Waals surface area (Å²) in [5, 5.41) is 2.88. The molecule has 2 heterocycles. The Morgan fingerprint density at radius 2 is 2.07 bits per heavy atom. The van der Waals surface area contributed by atoms with E-state index < -0.39 is 0 Å². The molecular weight excluding hydrogens is 459 g/mol. The molecule has 1 saturated heterocycles. The fourth-order valence-corrected chi connectivity index (χ4v) is 3.46. The van der Waals surface area contributed by atoms with E-state index in [1.165, 1.54) is 5.56 Å². The van der Waals surface area contributed by atoms with Gasteiger partial charge in [-0.2, -0.15) is 0 Å². The maximum absolute atomic E-state index is 12.5. The lowest BCUT2D eigenvalue weighted by atomic mass is 10.1. The number of benzene rings is 1. The number of carbonyl (C=O) groups excluding carboxylic acids is 1. The topological polar surface area (TPSA) is 87.3 Å². The lowest BCUT2D eigenvalue weighted by molar-refractivity contribution is -0.116. The Kier molecular flexibility index (Phi) is 6.48. The second-order valence-electron chi connectivity index (χ2n) is 6.57. The Balaban J connectivity index is 1.64. The van der Waals surface area contributed by atoms with E-state index in [1.807, 2.05) is 36.9 Å². The summed E-state index contributed by atoms with van der Waals surface area (Å²) >= 11 is 2.24. The van der Waals surface area contributed by atoms with Gasteiger partial charge in [0.1, 0.15) is 0 Å². The van der Waals surface area contributed by atoms with Crippen LogP contribution in [0.25, 0.3) is 0 Å². The number of aromatic amines is 1. The molecule has 3 rings (SSSR count). The van der Waals surface area contributed by atoms with Gasteiger partial charge in [0.05, 0.1) is 13.2 Å². The molecular formula is C19H23IN4O3. The Labute approximate surface area is 171 Å². The molecule has 7 nitrogen and oxygen atoms in total. The van der Waals surface area contributed by atoms with E-state index in [4.69, 9.17) is 4.74 Å². The molecule has 2 aromatic rings. The predicted octanol–water partition coefficient (Wildman–Crippen LogP) is 2.40. The molecule has 8 heteroatoms. The van der Waals surface area contributed by atoms with Gasteiger partial charge in [-0.3, -0.25) is 14.6 Å². The second kappa shape index (κ2) is 8.83. The number of morpholine rings is 1. The number of H-pyrrole nitrogens is 1. The van der Waals surface area contributed by atoms with Crippen molar-refractivity contribution in [3.8, 4) is 0 Å². The molecule has 1 amide bonds. The van der Waals surface area contributed by atoms with Crippen molar-refractivity contribution in [3.05, 3.63) is 48.9 Å². The second-order valence-corrected chi connectivity index (χ2v) is 7.73. The molecule has 0 bridgehead atoms. The fraction of sp³-hybridized carbons (Fsp3) is 0.421. The molecule has 0 spiro atoms. The Morgan fingerprint density at radius 1 is 1.33 bits per heavy atom. The van der Waals surface area contributed by atoms with E-state index in [-0.39, 0.29) is 17.9 Å². The van der Waals surface area contributed by atoms with E-state index >= 15 is 0 Å². The van der Waals surface area contributed by atoms with Gasteiger partial charge < -0.3 is 15.0 Å². The van der Waals surface area contributed by atoms with Gasteiger partial charge in [-0.25, -0.2) is 4.98 Å². The SMILES string of the molecule is Cc1ccc(NC(=O)CCc2c(C)nc(N3CCOCC3)[nH]c2=O)cc1I. The van der Waals surface area contributed by atoms with Crippen LogP contribution in [0.1, 0.15) is 23.2 Å². The summed E-state index contributed by atoms with van der Waals surface area (Å²) in [7, 11) is 0. The van der Waals surface area contributed by atoms with Crippen molar-refractivity contribution in [1.82, 2.24) is 9.97 Å². The van der Waals surface area contributed by atoms with E-state index in [2.05, 4.69) is 37.9 Å². The largest absolute Gasteiger partial charge is 0.378 e. The fourth-order valence-electron chi connectivity index (χ4n) is 2.95. The molecule has 1 aliphatic rings. The summed E-state index contributed by atoms with van der Waals surface area (Å²) < 4.78 is 6.42. The zero-order valence-electron chi connectivity index (χ0n) is 15.5. The third kappa shape index (κ3) is 5.07. The van der Waals surface area contributed by atoms with Crippen LogP contribution in [0.5, 0.6) is 0 Å². The number of nitrogens with one attached hydrogen (secondary N) is 2. The van der Waals surface area contributed by atoms with Gasteiger partial charge in [0.25, 0.3) is 5.56 Å². The first-order valence-corrected chi connectivity index (χ1v) is 10.0. The molecule has 1 fully saturated rings. The Hall–Kier alpha value is -1.94. The highest BCUT2D eigenvalue weighted by Gasteiger charge is 2.16. The van der Waals surface area contributed by atoms with E-state index in [0.717, 1.165) is 9.26 Å². The van der Waals surface area contributed by atoms with Crippen molar-refractivity contribution in [2.75, 3.05) is 36.5 Å². The van der Waals surface area contributed by atoms with Crippen molar-refractivity contribution < 1.29 is 9.53 Å². The van der Waals surface area contributed by atoms with Gasteiger partial charge in [0.2, 0.25) is 11.9 Å². The van der Waals surface area contributed by atoms with Gasteiger partial charge in [-0.05, 0) is 60.6 Å². The Bertz CT molecular complexity index is 891. The summed E-state index contributed by atoms with van der Waals surface area (Å²) in [5.41, 5.74) is 2.98. The quantitative estimate of drug-likeness (QED) is 0.640. The number of rotatable bonds is 5. The summed E-state index contributed by atoms with van der Waals surface area (Å²) in [6.07, 6.45) is 0.583. The number of hydrogen-bond donors (Lipinski definition) is 2. The first kappa shape index (κ1) is 19.8. The maximum atomic E-state index is 12.5. The zero-order chi connectivity index (χ0) is 19.4. The third-order valence-electron chi connectivity index (χ3n) is 4.58. The number of ether oxygens (including phenoxy) is 1. The highest BCUT2D eigenvalue weighted by atomic mass is 127. The van der Waals surface area contributed by atoms with Crippen molar-refractivity contribution in [3.63, 3.8) is 0 Å². The summed E-state index contributed by atoms with van der Waals surface area (Å²) in [5.74, 6) is 0.453. The monoisotopic (exact) mass is 482 g/mol. The minimum atomic E-state index is -0.179. The number of amides is 1. The summed E-state index contributed by atoms with van der Waals surface area (Å²) in [6.45, 7) is 6.51. The minimum Gasteiger partial charge on any atom is -0.378 e. The number of halogens is 1. The highest BCUT2D eigenvalue weighted by Crippen LogP contribution is 2.17. The lowest BCUT2D eigenvalue weighted by Gasteiger charge is -2.27. The average Bonchev–Trinajstić information content (AvgIpc) is 2.64. The molecule has 0 atom stereocenters. The van der Waals surface area contributed by atoms with Crippen LogP contribution in [0.3, 0.4) is 0 Å². The van der Waals surface area contributed by atoms with Crippen LogP contribution in [0.2, 0.25) is 0 Å². The van der Waals surface area contributed by atoms with E-state index in [9.17, 15) is 9.59 Å². The number of aryl methyl sites for hydroxylation is 2. The van der Waals surface area contributed by atoms with Crippen LogP contribution < -0.4 is 15.8 Å². The van der Waals surface area contributed by atoms with Crippen molar-refractivity contribution in [1.29, 1.82) is 0 Å². The molecule has 0 aliphatic carbocycles. The first-order valence-electron chi connectivity index (χ1n) is 8.92. The molecule has 0 radical (unpaired) electrons. The van der Waals surface area contributed by atoms with Gasteiger partial charge >= 0.3 is 0 Å². The smallest absolute Gasteiger partial charge is 0.255 e. The number of nitrogens with zero attached hydrogens (tertiary/aromatic N) is 2. The first-order chi connectivity index (χ1) is 12.9. The molecule has 144 valence electrons. The lowest BCUT2D eigenvalue weighted by Crippen LogP contribution is -2.38. The van der Waals surface area contributed by atoms with Crippen LogP contribution in [-0.4, -0.2) is 42.2 Å². The van der Waals surface area contributed by atoms with E-state index in [0.29, 0.717) is 49.9 Å². The highest BCUT2D eigenvalue weighted by molar-refractivity contribution is 14.1. The number of hydrogen-bond acceptors (Lipinski definition) is 5. The summed E-state index contributed by atoms with van der Waals surface area (Å²) in [4.78, 5) is 34.1. The standard InChI is InChI=1S/C19H23IN4O3/c1-12-3-4-14(11-16(12)20)22-17(25)6-5-15-13(2)21-19(23-18(15)26)24-7-9-27-10-8-24/h3-4,11H,5-10H2,1-2H3,(H,22,25)(H,21,23,26). The van der Waals surface area contributed by atoms with Crippen molar-refractivity contribution in [2.24, 2.45) is 0 Å². The molecule has 0 unspecified atom stereocenters. The van der Waals surface area contributed by atoms with Crippen molar-refractivity contribution in [2.45, 2.75) is 26.7 Å². The molecule has 2 N–H and O–H groups in total. The van der Waals surface area contributed by atoms with Crippen LogP contribution >= 0.6 is 22.6 Å². The number of aromatic nitrogens is 2. The normalized spacial score (nSPS) is 14.3. The average molecular weight is 482 g/mol. The molecule has 27 heavy (non-hydrogen) atoms. The van der Waals surface area contributed by atoms with Gasteiger partial charge in [0, 0.05) is 40.0 Å². The number of anilines is 2. The number of carbonyl (C=O) groups is 1. The molecule has 1 aliphatic heterocycles. The predicted molar refractivity (Wildman–Crippen MR) is 113 cm³/mol. The van der Waals surface area contributed by atoms with Gasteiger partial charge in [0.15, 0.2) is 0 Å². The maximum Gasteiger partial charge on any atom is 0.255 e. The van der Waals surface area contributed by atoms with E-state index in [1.54, 1.807) is 0 Å². The van der Waals surface area contributed by atoms with Crippen LogP contribution in [-0.2, 0) is 16.0 Å². The van der Waals surface area contributed by atoms with Crippen LogP contribution in [0, 0.1) is 17.4 Å². The van der Waals surface area contributed by atoms with Crippen molar-refractivity contribution >= 4 is 40.1 Å². The van der Waals surface area contributed by atoms with Crippen LogP contribution in [0.4, 0.5) is 11.6 Å². The van der Waals surface area contributed by atoms with Gasteiger partial charge in [-0.15, -0.1) is 0 Å². The molecule has 0 saturated carbocycles. The van der Waals surface area contributed by atoms with Gasteiger partial charge in [-0.1, -0.05) is 6.07 Å². The van der Waals surface area contributed by atoms with Crippen LogP contribution in [0.15, 0.2) is 23.0 Å². The molecule has 1 aromatic carbocycles. The minimum absolute atomic E-state index is 0.120. The Morgan fingerprint density at radius 3 is 2.74 bits per heavy atom.